The van der Waals surface area contributed by atoms with Crippen LogP contribution in [0.4, 0.5) is 0 Å². The second-order valence-corrected chi connectivity index (χ2v) is 5.63. The molecule has 0 saturated heterocycles. The molecule has 0 aromatic heterocycles. The maximum absolute atomic E-state index is 10.4. The molecule has 3 aromatic carbocycles. The molecule has 3 aromatic rings. The van der Waals surface area contributed by atoms with E-state index in [1.165, 1.54) is 16.5 Å². The van der Waals surface area contributed by atoms with Crippen molar-refractivity contribution in [1.29, 1.82) is 0 Å². The summed E-state index contributed by atoms with van der Waals surface area (Å²) in [7, 11) is 0. The van der Waals surface area contributed by atoms with Crippen LogP contribution in [0.25, 0.3) is 33.7 Å². The highest BCUT2D eigenvalue weighted by atomic mass is 16.3. The van der Waals surface area contributed by atoms with Crippen LogP contribution in [0, 0.1) is 0 Å². The van der Waals surface area contributed by atoms with Gasteiger partial charge in [0, 0.05) is 0 Å². The molecule has 2 nitrogen and oxygen atoms in total. The minimum atomic E-state index is -0.849. The van der Waals surface area contributed by atoms with Gasteiger partial charge in [-0.2, -0.15) is 0 Å². The second kappa shape index (κ2) is 3.29. The molecule has 0 amide bonds. The Morgan fingerprint density at radius 1 is 0.700 bits per heavy atom. The summed E-state index contributed by atoms with van der Waals surface area (Å²) in [4.78, 5) is 0. The van der Waals surface area contributed by atoms with Gasteiger partial charge in [0.1, 0.15) is 12.2 Å². The smallest absolute Gasteiger partial charge is 0.110 e. The Labute approximate surface area is 115 Å². The van der Waals surface area contributed by atoms with Gasteiger partial charge in [-0.25, -0.2) is 0 Å². The Morgan fingerprint density at radius 2 is 1.45 bits per heavy atom. The molecule has 96 valence electrons. The monoisotopic (exact) mass is 260 g/mol. The first-order valence-electron chi connectivity index (χ1n) is 6.82. The largest absolute Gasteiger partial charge is 0.385 e. The van der Waals surface area contributed by atoms with Crippen molar-refractivity contribution >= 4 is 33.7 Å². The fourth-order valence-corrected chi connectivity index (χ4v) is 3.74. The fourth-order valence-electron chi connectivity index (χ4n) is 3.74. The van der Waals surface area contributed by atoms with Crippen LogP contribution in [0.5, 0.6) is 0 Å². The van der Waals surface area contributed by atoms with Crippen LogP contribution < -0.4 is 0 Å². The molecule has 0 heterocycles. The number of benzene rings is 3. The van der Waals surface area contributed by atoms with Gasteiger partial charge in [0.05, 0.1) is 0 Å². The zero-order chi connectivity index (χ0) is 13.4. The lowest BCUT2D eigenvalue weighted by atomic mass is 9.81. The van der Waals surface area contributed by atoms with Crippen LogP contribution in [0.1, 0.15) is 34.5 Å². The van der Waals surface area contributed by atoms with Crippen LogP contribution >= 0.6 is 0 Å². The number of hydrogen-bond acceptors (Lipinski definition) is 2. The Morgan fingerprint density at radius 3 is 2.30 bits per heavy atom. The van der Waals surface area contributed by atoms with E-state index in [1.807, 2.05) is 24.3 Å². The molecule has 2 heteroatoms. The minimum absolute atomic E-state index is 0.832. The Kier molecular flexibility index (Phi) is 1.74. The predicted octanol–water partition coefficient (Wildman–Crippen LogP) is 3.56. The van der Waals surface area contributed by atoms with Crippen LogP contribution in [0.2, 0.25) is 0 Å². The predicted molar refractivity (Wildman–Crippen MR) is 80.3 cm³/mol. The third-order valence-electron chi connectivity index (χ3n) is 4.63. The van der Waals surface area contributed by atoms with Crippen molar-refractivity contribution in [2.24, 2.45) is 0 Å². The summed E-state index contributed by atoms with van der Waals surface area (Å²) in [6.45, 7) is 0. The van der Waals surface area contributed by atoms with E-state index in [0.717, 1.165) is 27.3 Å². The first kappa shape index (κ1) is 10.6. The summed E-state index contributed by atoms with van der Waals surface area (Å²) in [6, 6.07) is 12.1. The van der Waals surface area contributed by atoms with Crippen molar-refractivity contribution in [3.63, 3.8) is 0 Å². The molecule has 20 heavy (non-hydrogen) atoms. The number of aliphatic hydroxyl groups is 2. The molecular weight excluding hydrogens is 248 g/mol. The standard InChI is InChI=1S/C18H12O2/c19-17-12-3-1-2-10-8-11-5-4-9-6-7-13(18(17)20)16(14(9)11)15(10)12/h1-8,17-20H/t17-,18-/m0/s1. The van der Waals surface area contributed by atoms with Gasteiger partial charge in [-0.15, -0.1) is 0 Å². The molecule has 2 N–H and O–H groups in total. The Bertz CT molecular complexity index is 937. The van der Waals surface area contributed by atoms with E-state index in [4.69, 9.17) is 0 Å². The van der Waals surface area contributed by atoms with Crippen molar-refractivity contribution in [1.82, 2.24) is 0 Å². The van der Waals surface area contributed by atoms with Gasteiger partial charge < -0.3 is 10.2 Å². The van der Waals surface area contributed by atoms with Crippen molar-refractivity contribution in [3.05, 3.63) is 58.7 Å². The van der Waals surface area contributed by atoms with Gasteiger partial charge in [0.15, 0.2) is 0 Å². The average Bonchev–Trinajstić information content (AvgIpc) is 2.89. The molecule has 0 spiro atoms. The third kappa shape index (κ3) is 1.04. The first-order chi connectivity index (χ1) is 9.75. The lowest BCUT2D eigenvalue weighted by Crippen LogP contribution is -2.15. The van der Waals surface area contributed by atoms with Gasteiger partial charge in [-0.05, 0) is 49.9 Å². The molecule has 0 bridgehead atoms. The topological polar surface area (TPSA) is 40.5 Å². The third-order valence-corrected chi connectivity index (χ3v) is 4.63. The van der Waals surface area contributed by atoms with E-state index in [1.54, 1.807) is 0 Å². The van der Waals surface area contributed by atoms with Gasteiger partial charge >= 0.3 is 0 Å². The molecule has 0 unspecified atom stereocenters. The van der Waals surface area contributed by atoms with E-state index in [2.05, 4.69) is 24.3 Å². The van der Waals surface area contributed by atoms with Crippen molar-refractivity contribution in [2.75, 3.05) is 0 Å². The fraction of sp³-hybridized carbons (Fsp3) is 0.111. The highest BCUT2D eigenvalue weighted by molar-refractivity contribution is 6.19. The Hall–Kier alpha value is -2.16. The van der Waals surface area contributed by atoms with E-state index in [0.29, 0.717) is 0 Å². The number of aliphatic hydroxyl groups excluding tert-OH is 2. The molecule has 0 aliphatic heterocycles. The van der Waals surface area contributed by atoms with Gasteiger partial charge in [-0.3, -0.25) is 0 Å². The second-order valence-electron chi connectivity index (χ2n) is 5.63. The average molecular weight is 260 g/mol. The molecule has 0 fully saturated rings. The van der Waals surface area contributed by atoms with Crippen molar-refractivity contribution < 1.29 is 10.2 Å². The van der Waals surface area contributed by atoms with Crippen LogP contribution in [-0.2, 0) is 0 Å². The molecule has 0 saturated carbocycles. The normalized spacial score (nSPS) is 22.3. The molecule has 0 radical (unpaired) electrons. The quantitative estimate of drug-likeness (QED) is 0.475. The maximum atomic E-state index is 10.4. The van der Waals surface area contributed by atoms with Crippen molar-refractivity contribution in [2.45, 2.75) is 12.2 Å². The summed E-state index contributed by atoms with van der Waals surface area (Å²) in [6.07, 6.45) is 2.54. The van der Waals surface area contributed by atoms with Gasteiger partial charge in [0.2, 0.25) is 0 Å². The van der Waals surface area contributed by atoms with Gasteiger partial charge in [0.25, 0.3) is 0 Å². The molecule has 5 rings (SSSR count). The zero-order valence-corrected chi connectivity index (χ0v) is 10.7. The summed E-state index contributed by atoms with van der Waals surface area (Å²) in [5, 5.41) is 25.3. The SMILES string of the molecule is O[C@H]1c2cccc3cc4c5c(ccc(c5c23)[C@@H]1O)C=C4. The van der Waals surface area contributed by atoms with E-state index in [-0.39, 0.29) is 0 Å². The molecular formula is C18H12O2. The van der Waals surface area contributed by atoms with Gasteiger partial charge in [-0.1, -0.05) is 42.5 Å². The van der Waals surface area contributed by atoms with E-state index >= 15 is 0 Å². The molecule has 2 aliphatic carbocycles. The van der Waals surface area contributed by atoms with Crippen LogP contribution in [-0.4, -0.2) is 10.2 Å². The number of hydrogen-bond donors (Lipinski definition) is 2. The van der Waals surface area contributed by atoms with Crippen molar-refractivity contribution in [3.8, 4) is 0 Å². The first-order valence-corrected chi connectivity index (χ1v) is 6.82. The molecule has 2 atom stereocenters. The zero-order valence-electron chi connectivity index (χ0n) is 10.7. The minimum Gasteiger partial charge on any atom is -0.385 e. The highest BCUT2D eigenvalue weighted by Gasteiger charge is 2.31. The van der Waals surface area contributed by atoms with E-state index < -0.39 is 12.2 Å². The van der Waals surface area contributed by atoms with Crippen LogP contribution in [0.3, 0.4) is 0 Å². The summed E-state index contributed by atoms with van der Waals surface area (Å²) in [5.74, 6) is 0. The summed E-state index contributed by atoms with van der Waals surface area (Å²) < 4.78 is 0. The van der Waals surface area contributed by atoms with Crippen LogP contribution in [0.15, 0.2) is 36.4 Å². The summed E-state index contributed by atoms with van der Waals surface area (Å²) in [5.41, 5.74) is 4.06. The lowest BCUT2D eigenvalue weighted by molar-refractivity contribution is 0.0178. The highest BCUT2D eigenvalue weighted by Crippen LogP contribution is 2.48. The number of rotatable bonds is 0. The lowest BCUT2D eigenvalue weighted by Gasteiger charge is -2.28. The molecule has 2 aliphatic rings. The summed E-state index contributed by atoms with van der Waals surface area (Å²) >= 11 is 0. The Balaban J connectivity index is 2.17. The van der Waals surface area contributed by atoms with E-state index in [9.17, 15) is 10.2 Å². The maximum Gasteiger partial charge on any atom is 0.110 e.